The number of ketones is 2. The van der Waals surface area contributed by atoms with Gasteiger partial charge in [0.05, 0.1) is 6.04 Å². The number of aliphatic hydroxyl groups excluding tert-OH is 1. The lowest BCUT2D eigenvalue weighted by molar-refractivity contribution is -0.142. The molecule has 1 aromatic rings. The van der Waals surface area contributed by atoms with Crippen LogP contribution in [0.4, 0.5) is 4.79 Å². The van der Waals surface area contributed by atoms with Crippen LogP contribution in [0, 0.1) is 23.2 Å². The third kappa shape index (κ3) is 9.19. The number of aliphatic hydroxyl groups is 1. The molecule has 0 radical (unpaired) electrons. The predicted molar refractivity (Wildman–Crippen MR) is 201 cm³/mol. The van der Waals surface area contributed by atoms with Crippen molar-refractivity contribution in [3.63, 3.8) is 0 Å². The van der Waals surface area contributed by atoms with Crippen LogP contribution in [0.5, 0.6) is 0 Å². The molecule has 4 aliphatic rings. The number of nitrogens with two attached hydrogens (primary N) is 1. The van der Waals surface area contributed by atoms with Gasteiger partial charge < -0.3 is 31.7 Å². The number of urea groups is 1. The second kappa shape index (κ2) is 16.5. The molecule has 2 saturated carbocycles. The number of carbonyl (C=O) groups excluding carboxylic acids is 6. The average Bonchev–Trinajstić information content (AvgIpc) is 3.50. The minimum absolute atomic E-state index is 0.0478. The van der Waals surface area contributed by atoms with Crippen molar-refractivity contribution in [3.05, 3.63) is 47.0 Å². The minimum atomic E-state index is -1.57. The Hall–Kier alpha value is -4.06. The SMILES string of the molecule is CC(C)C1=CCN(C(=O)[C@@H](NC(=O)NC2(CC3CCC(=O)c4ccccc4C3=O)CCCCC2)C(C)(C)C)[C@@H]1C(=O)NC(CC1CCC1)C(O)C(N)=O. The zero-order valence-corrected chi connectivity index (χ0v) is 32.0. The third-order valence-electron chi connectivity index (χ3n) is 12.0. The highest BCUT2D eigenvalue weighted by atomic mass is 16.3. The summed E-state index contributed by atoms with van der Waals surface area (Å²) < 4.78 is 0. The Balaban J connectivity index is 1.34. The maximum Gasteiger partial charge on any atom is 0.315 e. The summed E-state index contributed by atoms with van der Waals surface area (Å²) in [6.07, 6.45) is 8.78. The van der Waals surface area contributed by atoms with E-state index in [9.17, 15) is 33.9 Å². The lowest BCUT2D eigenvalue weighted by Gasteiger charge is -2.42. The number of primary amides is 1. The fourth-order valence-electron chi connectivity index (χ4n) is 8.71. The first kappa shape index (κ1) is 40.1. The van der Waals surface area contributed by atoms with Crippen molar-refractivity contribution in [3.8, 4) is 0 Å². The Labute approximate surface area is 313 Å². The topological polar surface area (TPSA) is 188 Å². The van der Waals surface area contributed by atoms with Crippen LogP contribution >= 0.6 is 0 Å². The van der Waals surface area contributed by atoms with Crippen LogP contribution in [0.1, 0.15) is 132 Å². The number of fused-ring (bicyclic) bond motifs is 1. The molecule has 1 aromatic carbocycles. The van der Waals surface area contributed by atoms with Crippen LogP contribution in [0.3, 0.4) is 0 Å². The van der Waals surface area contributed by atoms with Crippen molar-refractivity contribution in [1.29, 1.82) is 0 Å². The number of hydrogen-bond acceptors (Lipinski definition) is 7. The average molecular weight is 734 g/mol. The van der Waals surface area contributed by atoms with Crippen molar-refractivity contribution in [2.75, 3.05) is 6.54 Å². The quantitative estimate of drug-likeness (QED) is 0.154. The van der Waals surface area contributed by atoms with Gasteiger partial charge in [-0.05, 0) is 54.9 Å². The molecular weight excluding hydrogens is 674 g/mol. The molecule has 0 saturated heterocycles. The summed E-state index contributed by atoms with van der Waals surface area (Å²) in [5.74, 6) is -2.25. The fourth-order valence-corrected chi connectivity index (χ4v) is 8.71. The van der Waals surface area contributed by atoms with Crippen molar-refractivity contribution in [1.82, 2.24) is 20.9 Å². The summed E-state index contributed by atoms with van der Waals surface area (Å²) >= 11 is 0. The first-order chi connectivity index (χ1) is 25.0. The standard InChI is InChI=1S/C41H59N5O7/c1-24(2)27-18-21-46(32(27)37(51)43-30(34(49)36(42)50)22-25-12-11-13-25)38(52)35(40(3,4)5)44-39(53)45-41(19-9-6-10-20-41)23-26-16-17-31(47)28-14-7-8-15-29(28)33(26)48/h7-8,14-15,18,24-26,30,32,34-35,49H,6,9-13,16-17,19-23H2,1-5H3,(H2,42,50)(H,43,51)(H2,44,45,53)/t26?,30?,32-,34?,35+/m0/s1. The number of benzene rings is 1. The Morgan fingerprint density at radius 2 is 1.62 bits per heavy atom. The van der Waals surface area contributed by atoms with E-state index in [1.54, 1.807) is 24.3 Å². The maximum atomic E-state index is 14.6. The van der Waals surface area contributed by atoms with Gasteiger partial charge in [0.2, 0.25) is 17.7 Å². The van der Waals surface area contributed by atoms with E-state index in [-0.39, 0.29) is 36.4 Å². The first-order valence-electron chi connectivity index (χ1n) is 19.5. The second-order valence-electron chi connectivity index (χ2n) is 17.3. The zero-order valence-electron chi connectivity index (χ0n) is 32.0. The van der Waals surface area contributed by atoms with Gasteiger partial charge in [-0.3, -0.25) is 24.0 Å². The van der Waals surface area contributed by atoms with Crippen molar-refractivity contribution in [2.45, 2.75) is 141 Å². The van der Waals surface area contributed by atoms with Gasteiger partial charge >= 0.3 is 6.03 Å². The normalized spacial score (nSPS) is 23.5. The van der Waals surface area contributed by atoms with Crippen molar-refractivity contribution < 1.29 is 33.9 Å². The summed E-state index contributed by atoms with van der Waals surface area (Å²) in [7, 11) is 0. The smallest absolute Gasteiger partial charge is 0.315 e. The summed E-state index contributed by atoms with van der Waals surface area (Å²) in [5, 5.41) is 19.7. The summed E-state index contributed by atoms with van der Waals surface area (Å²) in [6, 6.07) is 3.50. The molecule has 5 amide bonds. The molecule has 0 aromatic heterocycles. The van der Waals surface area contributed by atoms with Gasteiger partial charge in [-0.2, -0.15) is 0 Å². The van der Waals surface area contributed by atoms with Crippen LogP contribution in [-0.4, -0.2) is 81.6 Å². The van der Waals surface area contributed by atoms with Crippen LogP contribution in [0.15, 0.2) is 35.9 Å². The molecule has 290 valence electrons. The molecule has 1 heterocycles. The number of Topliss-reactive ketones (excluding diaryl/α,β-unsaturated/α-hetero) is 2. The second-order valence-corrected chi connectivity index (χ2v) is 17.3. The molecule has 0 spiro atoms. The molecular formula is C41H59N5O7. The summed E-state index contributed by atoms with van der Waals surface area (Å²) in [4.78, 5) is 82.9. The van der Waals surface area contributed by atoms with Crippen molar-refractivity contribution >= 4 is 35.3 Å². The van der Waals surface area contributed by atoms with Gasteiger partial charge in [0.15, 0.2) is 17.7 Å². The Bertz CT molecular complexity index is 1600. The highest BCUT2D eigenvalue weighted by Gasteiger charge is 2.46. The highest BCUT2D eigenvalue weighted by molar-refractivity contribution is 6.11. The number of nitrogens with one attached hydrogen (secondary N) is 3. The number of amides is 5. The molecule has 12 heteroatoms. The predicted octanol–water partition coefficient (Wildman–Crippen LogP) is 4.58. The Kier molecular flexibility index (Phi) is 12.5. The van der Waals surface area contributed by atoms with E-state index in [4.69, 9.17) is 5.73 Å². The monoisotopic (exact) mass is 733 g/mol. The van der Waals surface area contributed by atoms with E-state index in [0.29, 0.717) is 43.2 Å². The van der Waals surface area contributed by atoms with Crippen LogP contribution in [0.25, 0.3) is 0 Å². The molecule has 53 heavy (non-hydrogen) atoms. The van der Waals surface area contributed by atoms with Gasteiger partial charge in [0.1, 0.15) is 12.1 Å². The summed E-state index contributed by atoms with van der Waals surface area (Å²) in [5.41, 5.74) is 5.63. The summed E-state index contributed by atoms with van der Waals surface area (Å²) in [6.45, 7) is 9.59. The van der Waals surface area contributed by atoms with E-state index >= 15 is 0 Å². The molecule has 2 fully saturated rings. The molecule has 1 aliphatic heterocycles. The van der Waals surface area contributed by atoms with Crippen molar-refractivity contribution in [2.24, 2.45) is 28.9 Å². The number of carbonyl (C=O) groups is 6. The molecule has 5 rings (SSSR count). The van der Waals surface area contributed by atoms with Gasteiger partial charge in [-0.25, -0.2) is 4.79 Å². The lowest BCUT2D eigenvalue weighted by atomic mass is 9.73. The van der Waals surface area contributed by atoms with Crippen LogP contribution in [0.2, 0.25) is 0 Å². The van der Waals surface area contributed by atoms with E-state index in [2.05, 4.69) is 16.0 Å². The molecule has 3 aliphatic carbocycles. The molecule has 0 bridgehead atoms. The minimum Gasteiger partial charge on any atom is -0.381 e. The molecule has 3 unspecified atom stereocenters. The highest BCUT2D eigenvalue weighted by Crippen LogP contribution is 2.38. The van der Waals surface area contributed by atoms with E-state index in [0.717, 1.165) is 44.1 Å². The zero-order chi connectivity index (χ0) is 38.7. The van der Waals surface area contributed by atoms with Gasteiger partial charge in [-0.15, -0.1) is 0 Å². The van der Waals surface area contributed by atoms with Gasteiger partial charge in [-0.1, -0.05) is 103 Å². The number of nitrogens with zero attached hydrogens (tertiary/aromatic N) is 1. The third-order valence-corrected chi connectivity index (χ3v) is 12.0. The van der Waals surface area contributed by atoms with Gasteiger partial charge in [0.25, 0.3) is 0 Å². The fraction of sp³-hybridized carbons (Fsp3) is 0.659. The van der Waals surface area contributed by atoms with Gasteiger partial charge in [0, 0.05) is 35.5 Å². The molecule has 5 atom stereocenters. The van der Waals surface area contributed by atoms with E-state index in [1.165, 1.54) is 4.90 Å². The van der Waals surface area contributed by atoms with Crippen LogP contribution in [-0.2, 0) is 14.4 Å². The lowest BCUT2D eigenvalue weighted by Crippen LogP contribution is -2.63. The molecule has 12 nitrogen and oxygen atoms in total. The van der Waals surface area contributed by atoms with E-state index in [1.807, 2.05) is 40.7 Å². The molecule has 6 N–H and O–H groups in total. The largest absolute Gasteiger partial charge is 0.381 e. The number of hydrogen-bond donors (Lipinski definition) is 5. The Morgan fingerprint density at radius 1 is 0.962 bits per heavy atom. The number of rotatable bonds is 12. The van der Waals surface area contributed by atoms with Crippen LogP contribution < -0.4 is 21.7 Å². The first-order valence-corrected chi connectivity index (χ1v) is 19.5. The van der Waals surface area contributed by atoms with E-state index < -0.39 is 64.9 Å². The Morgan fingerprint density at radius 3 is 2.21 bits per heavy atom. The maximum absolute atomic E-state index is 14.6.